The molecular formula is C9H17NOS. The minimum atomic E-state index is -0.210. The Morgan fingerprint density at radius 2 is 2.33 bits per heavy atom. The Hall–Kier alpha value is 0.01000. The topological polar surface area (TPSA) is 46.2 Å². The molecule has 70 valence electrons. The maximum absolute atomic E-state index is 9.63. The molecule has 1 saturated carbocycles. The van der Waals surface area contributed by atoms with E-state index in [4.69, 9.17) is 5.73 Å². The summed E-state index contributed by atoms with van der Waals surface area (Å²) < 4.78 is 0. The fourth-order valence-corrected chi connectivity index (χ4v) is 2.56. The molecule has 3 N–H and O–H groups in total. The number of hydrogen-bond acceptors (Lipinski definition) is 3. The van der Waals surface area contributed by atoms with Crippen molar-refractivity contribution in [3.63, 3.8) is 0 Å². The van der Waals surface area contributed by atoms with Crippen LogP contribution in [0, 0.1) is 0 Å². The lowest BCUT2D eigenvalue weighted by Crippen LogP contribution is -2.38. The molecule has 0 heterocycles. The van der Waals surface area contributed by atoms with Gasteiger partial charge in [0.2, 0.25) is 0 Å². The number of rotatable bonds is 3. The maximum Gasteiger partial charge on any atom is 0.0673 e. The predicted octanol–water partition coefficient (Wildman–Crippen LogP) is 1.15. The van der Waals surface area contributed by atoms with Crippen LogP contribution >= 0.6 is 11.8 Å². The van der Waals surface area contributed by atoms with E-state index < -0.39 is 0 Å². The third-order valence-corrected chi connectivity index (χ3v) is 3.63. The average Bonchev–Trinajstić information content (AvgIpc) is 2.03. The summed E-state index contributed by atoms with van der Waals surface area (Å²) in [6.07, 6.45) is 4.52. The summed E-state index contributed by atoms with van der Waals surface area (Å²) in [4.78, 5) is 0. The van der Waals surface area contributed by atoms with Crippen LogP contribution < -0.4 is 5.73 Å². The van der Waals surface area contributed by atoms with E-state index in [0.717, 1.165) is 25.0 Å². The molecule has 1 aliphatic rings. The Balaban J connectivity index is 2.29. The fourth-order valence-electron chi connectivity index (χ4n) is 1.54. The molecule has 2 nitrogen and oxygen atoms in total. The molecule has 0 aromatic heterocycles. The van der Waals surface area contributed by atoms with Gasteiger partial charge in [0.1, 0.15) is 0 Å². The van der Waals surface area contributed by atoms with Crippen molar-refractivity contribution in [1.82, 2.24) is 0 Å². The lowest BCUT2D eigenvalue weighted by molar-refractivity contribution is 0.127. The molecule has 12 heavy (non-hydrogen) atoms. The van der Waals surface area contributed by atoms with Crippen molar-refractivity contribution in [3.05, 3.63) is 12.7 Å². The monoisotopic (exact) mass is 187 g/mol. The van der Waals surface area contributed by atoms with Gasteiger partial charge in [0.25, 0.3) is 0 Å². The first kappa shape index (κ1) is 10.1. The van der Waals surface area contributed by atoms with Crippen molar-refractivity contribution in [2.24, 2.45) is 5.73 Å². The molecule has 0 aromatic carbocycles. The predicted molar refractivity (Wildman–Crippen MR) is 54.3 cm³/mol. The van der Waals surface area contributed by atoms with Crippen molar-refractivity contribution in [1.29, 1.82) is 0 Å². The van der Waals surface area contributed by atoms with Crippen LogP contribution in [0.4, 0.5) is 0 Å². The third-order valence-electron chi connectivity index (χ3n) is 2.22. The van der Waals surface area contributed by atoms with E-state index in [1.165, 1.54) is 0 Å². The van der Waals surface area contributed by atoms with Gasteiger partial charge in [-0.15, -0.1) is 6.58 Å². The van der Waals surface area contributed by atoms with Gasteiger partial charge in [0.15, 0.2) is 0 Å². The van der Waals surface area contributed by atoms with Gasteiger partial charge in [-0.2, -0.15) is 11.8 Å². The number of nitrogens with two attached hydrogens (primary N) is 1. The van der Waals surface area contributed by atoms with Gasteiger partial charge >= 0.3 is 0 Å². The molecule has 3 unspecified atom stereocenters. The first-order valence-electron chi connectivity index (χ1n) is 4.40. The highest BCUT2D eigenvalue weighted by Gasteiger charge is 2.26. The summed E-state index contributed by atoms with van der Waals surface area (Å²) >= 11 is 1.78. The minimum absolute atomic E-state index is 0.209. The Morgan fingerprint density at radius 3 is 2.92 bits per heavy atom. The zero-order valence-corrected chi connectivity index (χ0v) is 8.09. The summed E-state index contributed by atoms with van der Waals surface area (Å²) in [6.45, 7) is 3.66. The van der Waals surface area contributed by atoms with Crippen LogP contribution in [-0.2, 0) is 0 Å². The summed E-state index contributed by atoms with van der Waals surface area (Å²) in [6, 6.07) is 0.209. The normalized spacial score (nSPS) is 36.3. The van der Waals surface area contributed by atoms with Crippen LogP contribution in [0.5, 0.6) is 0 Å². The second-order valence-electron chi connectivity index (χ2n) is 3.30. The number of aliphatic hydroxyl groups excluding tert-OH is 1. The van der Waals surface area contributed by atoms with E-state index in [0.29, 0.717) is 5.25 Å². The smallest absolute Gasteiger partial charge is 0.0673 e. The number of thioether (sulfide) groups is 1. The van der Waals surface area contributed by atoms with Crippen molar-refractivity contribution >= 4 is 11.8 Å². The highest BCUT2D eigenvalue weighted by atomic mass is 32.2. The largest absolute Gasteiger partial charge is 0.392 e. The summed E-state index contributed by atoms with van der Waals surface area (Å²) in [5.41, 5.74) is 5.73. The number of aliphatic hydroxyl groups is 1. The highest BCUT2D eigenvalue weighted by Crippen LogP contribution is 2.28. The summed E-state index contributed by atoms with van der Waals surface area (Å²) in [7, 11) is 0. The van der Waals surface area contributed by atoms with Gasteiger partial charge in [0, 0.05) is 17.0 Å². The zero-order chi connectivity index (χ0) is 8.97. The van der Waals surface area contributed by atoms with Crippen LogP contribution in [-0.4, -0.2) is 28.3 Å². The second-order valence-corrected chi connectivity index (χ2v) is 4.57. The van der Waals surface area contributed by atoms with Crippen LogP contribution in [0.15, 0.2) is 12.7 Å². The van der Waals surface area contributed by atoms with E-state index in [2.05, 4.69) is 6.58 Å². The molecule has 0 aromatic rings. The molecule has 0 saturated heterocycles. The van der Waals surface area contributed by atoms with Gasteiger partial charge < -0.3 is 10.8 Å². The van der Waals surface area contributed by atoms with Crippen molar-refractivity contribution in [2.45, 2.75) is 36.7 Å². The average molecular weight is 187 g/mol. The molecule has 1 aliphatic carbocycles. The van der Waals surface area contributed by atoms with Gasteiger partial charge in [-0.1, -0.05) is 6.08 Å². The molecule has 0 amide bonds. The maximum atomic E-state index is 9.63. The second kappa shape index (κ2) is 4.90. The van der Waals surface area contributed by atoms with E-state index in [1.807, 2.05) is 6.08 Å². The zero-order valence-electron chi connectivity index (χ0n) is 7.28. The molecule has 0 radical (unpaired) electrons. The van der Waals surface area contributed by atoms with Gasteiger partial charge in [-0.05, 0) is 19.3 Å². The molecule has 3 atom stereocenters. The molecule has 1 rings (SSSR count). The van der Waals surface area contributed by atoms with Gasteiger partial charge in [-0.3, -0.25) is 0 Å². The molecule has 0 bridgehead atoms. The highest BCUT2D eigenvalue weighted by molar-refractivity contribution is 8.00. The van der Waals surface area contributed by atoms with Crippen molar-refractivity contribution in [3.8, 4) is 0 Å². The van der Waals surface area contributed by atoms with Crippen LogP contribution in [0.25, 0.3) is 0 Å². The molecule has 0 spiro atoms. The number of hydrogen-bond donors (Lipinski definition) is 2. The Kier molecular flexibility index (Phi) is 4.12. The Bertz CT molecular complexity index is 151. The van der Waals surface area contributed by atoms with Crippen molar-refractivity contribution in [2.75, 3.05) is 5.75 Å². The molecule has 3 heteroatoms. The Labute approximate surface area is 78.2 Å². The van der Waals surface area contributed by atoms with Crippen LogP contribution in [0.3, 0.4) is 0 Å². The first-order valence-corrected chi connectivity index (χ1v) is 5.45. The van der Waals surface area contributed by atoms with E-state index in [9.17, 15) is 5.11 Å². The molecule has 0 aliphatic heterocycles. The van der Waals surface area contributed by atoms with Crippen molar-refractivity contribution < 1.29 is 5.11 Å². The minimum Gasteiger partial charge on any atom is -0.392 e. The van der Waals surface area contributed by atoms with Gasteiger partial charge in [0.05, 0.1) is 6.10 Å². The van der Waals surface area contributed by atoms with Crippen LogP contribution in [0.1, 0.15) is 19.3 Å². The van der Waals surface area contributed by atoms with Gasteiger partial charge in [-0.25, -0.2) is 0 Å². The first-order chi connectivity index (χ1) is 5.74. The standard InChI is InChI=1S/C9H17NOS/c1-2-5-12-9-4-3-7(10)6-8(9)11/h2,7-9,11H,1,3-6,10H2. The van der Waals surface area contributed by atoms with E-state index >= 15 is 0 Å². The lowest BCUT2D eigenvalue weighted by atomic mass is 9.93. The quantitative estimate of drug-likeness (QED) is 0.651. The summed E-state index contributed by atoms with van der Waals surface area (Å²) in [5.74, 6) is 0.928. The van der Waals surface area contributed by atoms with Crippen LogP contribution in [0.2, 0.25) is 0 Å². The SMILES string of the molecule is C=CCSC1CCC(N)CC1O. The third kappa shape index (κ3) is 2.81. The molecular weight excluding hydrogens is 170 g/mol. The van der Waals surface area contributed by atoms with E-state index in [-0.39, 0.29) is 12.1 Å². The Morgan fingerprint density at radius 1 is 1.58 bits per heavy atom. The van der Waals surface area contributed by atoms with E-state index in [1.54, 1.807) is 11.8 Å². The lowest BCUT2D eigenvalue weighted by Gasteiger charge is -2.30. The fraction of sp³-hybridized carbons (Fsp3) is 0.778. The summed E-state index contributed by atoms with van der Waals surface area (Å²) in [5, 5.41) is 10.0. The molecule has 1 fully saturated rings.